The van der Waals surface area contributed by atoms with Crippen molar-refractivity contribution in [1.29, 1.82) is 0 Å². The van der Waals surface area contributed by atoms with Crippen LogP contribution in [0.1, 0.15) is 36.5 Å². The minimum atomic E-state index is -3.20. The Morgan fingerprint density at radius 3 is 1.83 bits per heavy atom. The van der Waals surface area contributed by atoms with E-state index in [4.69, 9.17) is 10.9 Å². The van der Waals surface area contributed by atoms with E-state index in [0.29, 0.717) is 12.0 Å². The van der Waals surface area contributed by atoms with Gasteiger partial charge in [-0.15, -0.1) is 0 Å². The number of primary amides is 1. The molecule has 1 heterocycles. The van der Waals surface area contributed by atoms with E-state index >= 15 is 0 Å². The van der Waals surface area contributed by atoms with Gasteiger partial charge in [0.2, 0.25) is 15.9 Å². The van der Waals surface area contributed by atoms with Gasteiger partial charge in [-0.25, -0.2) is 13.6 Å². The lowest BCUT2D eigenvalue weighted by atomic mass is 10.2. The van der Waals surface area contributed by atoms with Crippen LogP contribution in [0.15, 0.2) is 60.9 Å². The molecule has 0 bridgehead atoms. The van der Waals surface area contributed by atoms with Gasteiger partial charge in [0.25, 0.3) is 0 Å². The molecule has 0 aliphatic carbocycles. The van der Waals surface area contributed by atoms with E-state index in [-0.39, 0.29) is 11.7 Å². The molecule has 2 aromatic rings. The van der Waals surface area contributed by atoms with E-state index in [9.17, 15) is 13.2 Å². The van der Waals surface area contributed by atoms with Crippen LogP contribution in [-0.4, -0.2) is 25.1 Å². The summed E-state index contributed by atoms with van der Waals surface area (Å²) < 4.78 is 20.6. The lowest BCUT2D eigenvalue weighted by Gasteiger charge is -1.94. The predicted octanol–water partition coefficient (Wildman–Crippen LogP) is 2.33. The van der Waals surface area contributed by atoms with Crippen molar-refractivity contribution in [1.82, 2.24) is 4.98 Å². The number of amides is 1. The molecule has 0 radical (unpaired) electrons. The zero-order valence-electron chi connectivity index (χ0n) is 13.8. The maximum absolute atomic E-state index is 10.4. The van der Waals surface area contributed by atoms with Gasteiger partial charge in [-0.2, -0.15) is 0 Å². The summed E-state index contributed by atoms with van der Waals surface area (Å²) in [5, 5.41) is 4.75. The molecule has 2 rings (SSSR count). The number of aromatic nitrogens is 1. The van der Waals surface area contributed by atoms with Crippen LogP contribution >= 0.6 is 0 Å². The SMILES string of the molecule is CCCCCS(N)(=O)=O.NC(=O)c1ccccc1.c1ccncc1. The van der Waals surface area contributed by atoms with Crippen LogP contribution in [-0.2, 0) is 10.0 Å². The van der Waals surface area contributed by atoms with Gasteiger partial charge in [0.15, 0.2) is 0 Å². The van der Waals surface area contributed by atoms with E-state index in [0.717, 1.165) is 12.8 Å². The number of carbonyl (C=O) groups is 1. The molecule has 1 aromatic carbocycles. The minimum Gasteiger partial charge on any atom is -0.366 e. The molecule has 0 aliphatic rings. The monoisotopic (exact) mass is 351 g/mol. The number of pyridine rings is 1. The van der Waals surface area contributed by atoms with Crippen molar-refractivity contribution in [3.05, 3.63) is 66.5 Å². The normalized spacial score (nSPS) is 9.75. The fraction of sp³-hybridized carbons (Fsp3) is 0.294. The van der Waals surface area contributed by atoms with Gasteiger partial charge in [-0.05, 0) is 30.7 Å². The zero-order chi connectivity index (χ0) is 18.3. The second-order valence-corrected chi connectivity index (χ2v) is 6.56. The van der Waals surface area contributed by atoms with Crippen molar-refractivity contribution in [2.24, 2.45) is 10.9 Å². The second-order valence-electron chi connectivity index (χ2n) is 4.83. The Hall–Kier alpha value is -2.25. The van der Waals surface area contributed by atoms with Gasteiger partial charge in [-0.3, -0.25) is 9.78 Å². The van der Waals surface area contributed by atoms with Gasteiger partial charge < -0.3 is 5.73 Å². The summed E-state index contributed by atoms with van der Waals surface area (Å²) in [6.07, 6.45) is 6.15. The van der Waals surface area contributed by atoms with Gasteiger partial charge >= 0.3 is 0 Å². The van der Waals surface area contributed by atoms with Crippen LogP contribution in [0.3, 0.4) is 0 Å². The number of nitrogens with two attached hydrogens (primary N) is 2. The van der Waals surface area contributed by atoms with Crippen molar-refractivity contribution in [2.45, 2.75) is 26.2 Å². The Labute approximate surface area is 144 Å². The molecule has 0 aliphatic heterocycles. The lowest BCUT2D eigenvalue weighted by Crippen LogP contribution is -2.16. The number of primary sulfonamides is 1. The molecule has 0 fully saturated rings. The van der Waals surface area contributed by atoms with Gasteiger partial charge in [-0.1, -0.05) is 44.0 Å². The fourth-order valence-corrected chi connectivity index (χ4v) is 2.07. The van der Waals surface area contributed by atoms with Crippen molar-refractivity contribution in [3.8, 4) is 0 Å². The summed E-state index contributed by atoms with van der Waals surface area (Å²) in [6.45, 7) is 2.02. The van der Waals surface area contributed by atoms with Gasteiger partial charge in [0.1, 0.15) is 0 Å². The highest BCUT2D eigenvalue weighted by Crippen LogP contribution is 1.95. The number of hydrogen-bond donors (Lipinski definition) is 2. The number of rotatable bonds is 5. The zero-order valence-corrected chi connectivity index (χ0v) is 14.7. The Balaban J connectivity index is 0.000000337. The quantitative estimate of drug-likeness (QED) is 0.804. The molecule has 0 spiro atoms. The Kier molecular flexibility index (Phi) is 12.0. The molecule has 1 amide bonds. The first kappa shape index (κ1) is 21.8. The van der Waals surface area contributed by atoms with Crippen molar-refractivity contribution >= 4 is 15.9 Å². The standard InChI is InChI=1S/C7H7NO.C5H13NO2S.C5H5N/c8-7(9)6-4-2-1-3-5-6;1-2-3-4-5-9(6,7)8;1-2-4-6-5-3-1/h1-5H,(H2,8,9);2-5H2,1H3,(H2,6,7,8);1-5H. The van der Waals surface area contributed by atoms with Gasteiger partial charge in [0.05, 0.1) is 5.75 Å². The molecular weight excluding hydrogens is 326 g/mol. The van der Waals surface area contributed by atoms with Crippen LogP contribution in [0, 0.1) is 0 Å². The first-order valence-electron chi connectivity index (χ1n) is 7.57. The summed E-state index contributed by atoms with van der Waals surface area (Å²) in [4.78, 5) is 14.2. The highest BCUT2D eigenvalue weighted by molar-refractivity contribution is 7.89. The second kappa shape index (κ2) is 13.2. The van der Waals surface area contributed by atoms with E-state index in [1.54, 1.807) is 36.7 Å². The maximum atomic E-state index is 10.4. The molecule has 4 N–H and O–H groups in total. The Morgan fingerprint density at radius 1 is 1.00 bits per heavy atom. The maximum Gasteiger partial charge on any atom is 0.248 e. The third-order valence-electron chi connectivity index (χ3n) is 2.66. The largest absolute Gasteiger partial charge is 0.366 e. The number of carbonyl (C=O) groups excluding carboxylic acids is 1. The predicted molar refractivity (Wildman–Crippen MR) is 96.7 cm³/mol. The molecule has 1 aromatic heterocycles. The average molecular weight is 351 g/mol. The van der Waals surface area contributed by atoms with E-state index in [2.05, 4.69) is 4.98 Å². The molecule has 0 unspecified atom stereocenters. The number of sulfonamides is 1. The molecule has 0 atom stereocenters. The van der Waals surface area contributed by atoms with E-state index in [1.165, 1.54) is 0 Å². The third kappa shape index (κ3) is 14.7. The van der Waals surface area contributed by atoms with Crippen LogP contribution < -0.4 is 10.9 Å². The summed E-state index contributed by atoms with van der Waals surface area (Å²) in [5.41, 5.74) is 5.53. The van der Waals surface area contributed by atoms with Crippen LogP contribution in [0.25, 0.3) is 0 Å². The minimum absolute atomic E-state index is 0.126. The number of unbranched alkanes of at least 4 members (excludes halogenated alkanes) is 2. The highest BCUT2D eigenvalue weighted by atomic mass is 32.2. The third-order valence-corrected chi connectivity index (χ3v) is 3.51. The first-order chi connectivity index (χ1) is 11.4. The number of hydrogen-bond acceptors (Lipinski definition) is 4. The van der Waals surface area contributed by atoms with Crippen LogP contribution in [0.4, 0.5) is 0 Å². The first-order valence-corrected chi connectivity index (χ1v) is 9.28. The van der Waals surface area contributed by atoms with Crippen molar-refractivity contribution < 1.29 is 13.2 Å². The lowest BCUT2D eigenvalue weighted by molar-refractivity contribution is 0.100. The fourth-order valence-electron chi connectivity index (χ4n) is 1.47. The molecule has 132 valence electrons. The summed E-state index contributed by atoms with van der Waals surface area (Å²) in [5.74, 6) is -0.253. The molecular formula is C17H25N3O3S. The average Bonchev–Trinajstić information content (AvgIpc) is 2.57. The Bertz CT molecular complexity index is 621. The molecule has 0 saturated heterocycles. The smallest absolute Gasteiger partial charge is 0.248 e. The molecule has 0 saturated carbocycles. The molecule has 6 nitrogen and oxygen atoms in total. The summed E-state index contributed by atoms with van der Waals surface area (Å²) >= 11 is 0. The number of benzene rings is 1. The van der Waals surface area contributed by atoms with Crippen molar-refractivity contribution in [2.75, 3.05) is 5.75 Å². The van der Waals surface area contributed by atoms with Crippen LogP contribution in [0.5, 0.6) is 0 Å². The highest BCUT2D eigenvalue weighted by Gasteiger charge is 1.99. The van der Waals surface area contributed by atoms with Crippen LogP contribution in [0.2, 0.25) is 0 Å². The van der Waals surface area contributed by atoms with Gasteiger partial charge in [0, 0.05) is 18.0 Å². The summed E-state index contributed by atoms with van der Waals surface area (Å²) in [7, 11) is -3.20. The molecule has 24 heavy (non-hydrogen) atoms. The number of nitrogens with zero attached hydrogens (tertiary/aromatic N) is 1. The summed E-state index contributed by atoms with van der Waals surface area (Å²) in [6, 6.07) is 14.5. The molecule has 7 heteroatoms. The van der Waals surface area contributed by atoms with E-state index in [1.807, 2.05) is 31.2 Å². The Morgan fingerprint density at radius 2 is 1.54 bits per heavy atom. The van der Waals surface area contributed by atoms with Crippen molar-refractivity contribution in [3.63, 3.8) is 0 Å². The topological polar surface area (TPSA) is 116 Å². The van der Waals surface area contributed by atoms with E-state index < -0.39 is 10.0 Å².